The average Bonchev–Trinajstić information content (AvgIpc) is 2.45. The number of hydrogen-bond donors (Lipinski definition) is 1. The first-order valence-corrected chi connectivity index (χ1v) is 8.98. The van der Waals surface area contributed by atoms with Gasteiger partial charge in [0.25, 0.3) is 0 Å². The Labute approximate surface area is 132 Å². The number of fused-ring (bicyclic) bond motifs is 2. The molecule has 0 saturated heterocycles. The van der Waals surface area contributed by atoms with E-state index in [4.69, 9.17) is 0 Å². The van der Waals surface area contributed by atoms with Crippen LogP contribution in [-0.4, -0.2) is 20.1 Å². The zero-order valence-electron chi connectivity index (χ0n) is 11.5. The minimum atomic E-state index is -3.45. The van der Waals surface area contributed by atoms with Gasteiger partial charge in [-0.1, -0.05) is 35.0 Å². The van der Waals surface area contributed by atoms with Crippen molar-refractivity contribution in [2.24, 2.45) is 0 Å². The number of hydrogen-bond acceptors (Lipinski definition) is 3. The number of sulfone groups is 1. The van der Waals surface area contributed by atoms with Crippen molar-refractivity contribution in [1.82, 2.24) is 0 Å². The van der Waals surface area contributed by atoms with Crippen molar-refractivity contribution in [3.05, 3.63) is 57.6 Å². The summed E-state index contributed by atoms with van der Waals surface area (Å²) in [6.07, 6.45) is 0.593. The molecule has 110 valence electrons. The van der Waals surface area contributed by atoms with E-state index in [1.807, 2.05) is 19.1 Å². The Hall–Kier alpha value is -1.17. The molecule has 2 aromatic rings. The van der Waals surface area contributed by atoms with Crippen molar-refractivity contribution in [3.8, 4) is 0 Å². The Morgan fingerprint density at radius 1 is 1.14 bits per heavy atom. The van der Waals surface area contributed by atoms with E-state index >= 15 is 0 Å². The van der Waals surface area contributed by atoms with Crippen molar-refractivity contribution in [2.45, 2.75) is 29.1 Å². The van der Waals surface area contributed by atoms with Gasteiger partial charge >= 0.3 is 0 Å². The fourth-order valence-electron chi connectivity index (χ4n) is 2.68. The fourth-order valence-corrected chi connectivity index (χ4v) is 4.78. The van der Waals surface area contributed by atoms with Crippen LogP contribution in [-0.2, 0) is 16.3 Å². The minimum absolute atomic E-state index is 0.00177. The lowest BCUT2D eigenvalue weighted by molar-refractivity contribution is 0.273. The lowest BCUT2D eigenvalue weighted by Crippen LogP contribution is -2.15. The highest BCUT2D eigenvalue weighted by atomic mass is 79.9. The second-order valence-electron chi connectivity index (χ2n) is 5.38. The first-order valence-electron chi connectivity index (χ1n) is 6.70. The average molecular weight is 367 g/mol. The Kier molecular flexibility index (Phi) is 3.67. The number of benzene rings is 2. The van der Waals surface area contributed by atoms with Crippen LogP contribution in [0.4, 0.5) is 0 Å². The molecule has 0 aromatic heterocycles. The van der Waals surface area contributed by atoms with E-state index in [2.05, 4.69) is 15.9 Å². The van der Waals surface area contributed by atoms with Crippen molar-refractivity contribution in [3.63, 3.8) is 0 Å². The lowest BCUT2D eigenvalue weighted by atomic mass is 9.96. The van der Waals surface area contributed by atoms with E-state index in [0.717, 1.165) is 21.2 Å². The van der Waals surface area contributed by atoms with Crippen LogP contribution in [0.5, 0.6) is 0 Å². The van der Waals surface area contributed by atoms with E-state index in [-0.39, 0.29) is 12.5 Å². The summed E-state index contributed by atoms with van der Waals surface area (Å²) in [5, 5.41) is 9.26. The largest absolute Gasteiger partial charge is 0.396 e. The van der Waals surface area contributed by atoms with E-state index in [0.29, 0.717) is 16.2 Å². The van der Waals surface area contributed by atoms with Gasteiger partial charge in [-0.15, -0.1) is 0 Å². The molecule has 1 unspecified atom stereocenters. The molecule has 0 spiro atoms. The summed E-state index contributed by atoms with van der Waals surface area (Å²) < 4.78 is 26.3. The topological polar surface area (TPSA) is 54.4 Å². The van der Waals surface area contributed by atoms with Crippen LogP contribution in [0.2, 0.25) is 0 Å². The zero-order chi connectivity index (χ0) is 15.2. The van der Waals surface area contributed by atoms with Crippen LogP contribution < -0.4 is 0 Å². The summed E-state index contributed by atoms with van der Waals surface area (Å²) in [5.41, 5.74) is 2.58. The predicted molar refractivity (Wildman–Crippen MR) is 84.3 cm³/mol. The molecular weight excluding hydrogens is 352 g/mol. The summed E-state index contributed by atoms with van der Waals surface area (Å²) in [4.78, 5) is 0.771. The van der Waals surface area contributed by atoms with Crippen LogP contribution in [0.15, 0.2) is 50.7 Å². The van der Waals surface area contributed by atoms with E-state index in [1.165, 1.54) is 0 Å². The van der Waals surface area contributed by atoms with Gasteiger partial charge in [0.2, 0.25) is 9.84 Å². The maximum Gasteiger partial charge on any atom is 0.207 e. The predicted octanol–water partition coefficient (Wildman–Crippen LogP) is 3.28. The Balaban J connectivity index is 2.19. The maximum atomic E-state index is 12.7. The molecule has 1 N–H and O–H groups in total. The summed E-state index contributed by atoms with van der Waals surface area (Å²) >= 11 is 3.39. The molecule has 0 fully saturated rings. The molecule has 0 radical (unpaired) electrons. The molecule has 0 bridgehead atoms. The van der Waals surface area contributed by atoms with Crippen LogP contribution >= 0.6 is 15.9 Å². The molecule has 1 aliphatic heterocycles. The standard InChI is InChI=1S/C16H15BrO3S/c1-10(9-18)11-2-4-15-12(6-11)7-13-8-14(17)3-5-16(13)21(15,19)20/h2-6,8,10,18H,7,9H2,1H3. The van der Waals surface area contributed by atoms with Gasteiger partial charge in [-0.25, -0.2) is 8.42 Å². The van der Waals surface area contributed by atoms with E-state index < -0.39 is 9.84 Å². The zero-order valence-corrected chi connectivity index (χ0v) is 13.9. The van der Waals surface area contributed by atoms with Crippen LogP contribution in [0.25, 0.3) is 0 Å². The Bertz CT molecular complexity index is 812. The molecule has 2 aromatic carbocycles. The monoisotopic (exact) mass is 366 g/mol. The molecule has 1 heterocycles. The summed E-state index contributed by atoms with van der Waals surface area (Å²) in [6.45, 7) is 1.97. The van der Waals surface area contributed by atoms with Gasteiger partial charge in [-0.05, 0) is 41.0 Å². The van der Waals surface area contributed by atoms with Gasteiger partial charge in [-0.3, -0.25) is 0 Å². The van der Waals surface area contributed by atoms with Crippen LogP contribution in [0.3, 0.4) is 0 Å². The Morgan fingerprint density at radius 3 is 2.43 bits per heavy atom. The fraction of sp³-hybridized carbons (Fsp3) is 0.250. The molecule has 3 rings (SSSR count). The number of rotatable bonds is 2. The van der Waals surface area contributed by atoms with Crippen molar-refractivity contribution < 1.29 is 13.5 Å². The third-order valence-electron chi connectivity index (χ3n) is 3.91. The third kappa shape index (κ3) is 2.43. The molecule has 21 heavy (non-hydrogen) atoms. The van der Waals surface area contributed by atoms with E-state index in [1.54, 1.807) is 24.3 Å². The number of halogens is 1. The number of aliphatic hydroxyl groups excluding tert-OH is 1. The van der Waals surface area contributed by atoms with Crippen LogP contribution in [0.1, 0.15) is 29.5 Å². The summed E-state index contributed by atoms with van der Waals surface area (Å²) in [6, 6.07) is 10.6. The molecule has 5 heteroatoms. The van der Waals surface area contributed by atoms with E-state index in [9.17, 15) is 13.5 Å². The molecule has 3 nitrogen and oxygen atoms in total. The molecule has 0 saturated carbocycles. The first kappa shape index (κ1) is 14.8. The van der Waals surface area contributed by atoms with Gasteiger partial charge in [0.1, 0.15) is 0 Å². The maximum absolute atomic E-state index is 12.7. The molecular formula is C16H15BrO3S. The van der Waals surface area contributed by atoms with Gasteiger partial charge in [0.05, 0.1) is 9.79 Å². The highest BCUT2D eigenvalue weighted by Crippen LogP contribution is 2.36. The molecule has 0 amide bonds. The van der Waals surface area contributed by atoms with Gasteiger partial charge < -0.3 is 5.11 Å². The summed E-state index contributed by atoms with van der Waals surface area (Å²) in [7, 11) is -3.45. The quantitative estimate of drug-likeness (QED) is 0.756. The minimum Gasteiger partial charge on any atom is -0.396 e. The third-order valence-corrected chi connectivity index (χ3v) is 6.36. The van der Waals surface area contributed by atoms with Crippen molar-refractivity contribution in [1.29, 1.82) is 0 Å². The highest BCUT2D eigenvalue weighted by Gasteiger charge is 2.29. The second kappa shape index (κ2) is 5.23. The number of aliphatic hydroxyl groups is 1. The highest BCUT2D eigenvalue weighted by molar-refractivity contribution is 9.10. The first-order chi connectivity index (χ1) is 9.93. The Morgan fingerprint density at radius 2 is 1.76 bits per heavy atom. The van der Waals surface area contributed by atoms with Crippen molar-refractivity contribution >= 4 is 25.8 Å². The van der Waals surface area contributed by atoms with Gasteiger partial charge in [0, 0.05) is 23.4 Å². The second-order valence-corrected chi connectivity index (χ2v) is 8.19. The summed E-state index contributed by atoms with van der Waals surface area (Å²) in [5.74, 6) is 0.00177. The lowest BCUT2D eigenvalue weighted by Gasteiger charge is -2.21. The van der Waals surface area contributed by atoms with Crippen molar-refractivity contribution in [2.75, 3.05) is 6.61 Å². The normalized spacial score (nSPS) is 16.9. The molecule has 0 aliphatic carbocycles. The molecule has 1 atom stereocenters. The van der Waals surface area contributed by atoms with Crippen LogP contribution in [0, 0.1) is 0 Å². The van der Waals surface area contributed by atoms with Gasteiger partial charge in [-0.2, -0.15) is 0 Å². The smallest absolute Gasteiger partial charge is 0.207 e. The SMILES string of the molecule is CC(CO)c1ccc2c(c1)Cc1cc(Br)ccc1S2(=O)=O. The van der Waals surface area contributed by atoms with Gasteiger partial charge in [0.15, 0.2) is 0 Å². The molecule has 1 aliphatic rings.